The number of Topliss-reactive ketones (excluding diaryl/α,β-unsaturated/α-hetero) is 1. The highest BCUT2D eigenvalue weighted by atomic mass is 16.1. The van der Waals surface area contributed by atoms with Crippen LogP contribution in [0, 0.1) is 5.92 Å². The van der Waals surface area contributed by atoms with Crippen molar-refractivity contribution in [1.29, 1.82) is 0 Å². The van der Waals surface area contributed by atoms with Crippen LogP contribution in [0.2, 0.25) is 0 Å². The Balaban J connectivity index is 2.67. The first-order valence-corrected chi connectivity index (χ1v) is 5.77. The Labute approximate surface area is 96.9 Å². The maximum atomic E-state index is 12.0. The summed E-state index contributed by atoms with van der Waals surface area (Å²) in [7, 11) is 0. The van der Waals surface area contributed by atoms with Gasteiger partial charge >= 0.3 is 0 Å². The van der Waals surface area contributed by atoms with Crippen molar-refractivity contribution in [2.24, 2.45) is 5.92 Å². The number of aromatic nitrogens is 2. The summed E-state index contributed by atoms with van der Waals surface area (Å²) in [5.41, 5.74) is 0.993. The van der Waals surface area contributed by atoms with Crippen LogP contribution in [-0.2, 0) is 11.2 Å². The number of carbonyl (C=O) groups excluding carboxylic acids is 1. The first kappa shape index (κ1) is 12.9. The van der Waals surface area contributed by atoms with Gasteiger partial charge in [-0.2, -0.15) is 0 Å². The molecule has 0 aliphatic carbocycles. The number of ketones is 1. The topological polar surface area (TPSA) is 57.8 Å². The van der Waals surface area contributed by atoms with Crippen LogP contribution in [0.15, 0.2) is 12.5 Å². The van der Waals surface area contributed by atoms with Crippen LogP contribution in [0.25, 0.3) is 0 Å². The fourth-order valence-electron chi connectivity index (χ4n) is 1.66. The molecule has 0 bridgehead atoms. The van der Waals surface area contributed by atoms with Crippen molar-refractivity contribution in [1.82, 2.24) is 15.3 Å². The third kappa shape index (κ3) is 3.77. The maximum Gasteiger partial charge on any atom is 0.152 e. The Hall–Kier alpha value is -1.16. The van der Waals surface area contributed by atoms with E-state index in [2.05, 4.69) is 15.3 Å². The molecule has 0 spiro atoms. The number of aromatic amines is 1. The van der Waals surface area contributed by atoms with E-state index in [0.29, 0.717) is 12.5 Å². The maximum absolute atomic E-state index is 12.0. The van der Waals surface area contributed by atoms with Gasteiger partial charge in [-0.25, -0.2) is 4.98 Å². The van der Waals surface area contributed by atoms with E-state index in [9.17, 15) is 4.79 Å². The van der Waals surface area contributed by atoms with Gasteiger partial charge in [-0.3, -0.25) is 4.79 Å². The Morgan fingerprint density at radius 1 is 1.44 bits per heavy atom. The van der Waals surface area contributed by atoms with E-state index in [1.54, 1.807) is 12.5 Å². The van der Waals surface area contributed by atoms with E-state index in [1.807, 2.05) is 27.7 Å². The summed E-state index contributed by atoms with van der Waals surface area (Å²) in [5, 5.41) is 3.30. The second-order valence-corrected chi connectivity index (χ2v) is 4.71. The van der Waals surface area contributed by atoms with Crippen molar-refractivity contribution in [3.63, 3.8) is 0 Å². The highest BCUT2D eigenvalue weighted by molar-refractivity contribution is 5.86. The first-order valence-electron chi connectivity index (χ1n) is 5.77. The Morgan fingerprint density at radius 2 is 2.12 bits per heavy atom. The average molecular weight is 223 g/mol. The lowest BCUT2D eigenvalue weighted by Crippen LogP contribution is -2.44. The molecule has 1 rings (SSSR count). The molecule has 0 aliphatic rings. The first-order chi connectivity index (χ1) is 7.50. The van der Waals surface area contributed by atoms with E-state index in [-0.39, 0.29) is 17.7 Å². The Bertz CT molecular complexity index is 317. The molecule has 1 aromatic rings. The molecule has 2 N–H and O–H groups in total. The van der Waals surface area contributed by atoms with Gasteiger partial charge < -0.3 is 10.3 Å². The molecule has 0 aromatic carbocycles. The fourth-order valence-corrected chi connectivity index (χ4v) is 1.66. The largest absolute Gasteiger partial charge is 0.348 e. The number of nitrogens with zero attached hydrogens (tertiary/aromatic N) is 1. The third-order valence-corrected chi connectivity index (χ3v) is 2.43. The molecule has 0 radical (unpaired) electrons. The number of H-pyrrole nitrogens is 1. The van der Waals surface area contributed by atoms with Gasteiger partial charge in [0.1, 0.15) is 0 Å². The lowest BCUT2D eigenvalue weighted by atomic mass is 9.97. The van der Waals surface area contributed by atoms with Gasteiger partial charge in [0, 0.05) is 30.3 Å². The summed E-state index contributed by atoms with van der Waals surface area (Å²) in [6, 6.07) is 0.177. The zero-order chi connectivity index (χ0) is 12.1. The van der Waals surface area contributed by atoms with E-state index in [1.165, 1.54) is 0 Å². The normalized spacial score (nSPS) is 13.4. The number of carbonyl (C=O) groups is 1. The van der Waals surface area contributed by atoms with Gasteiger partial charge in [0.2, 0.25) is 0 Å². The number of hydrogen-bond acceptors (Lipinski definition) is 3. The summed E-state index contributed by atoms with van der Waals surface area (Å²) in [6.45, 7) is 7.97. The van der Waals surface area contributed by atoms with E-state index >= 15 is 0 Å². The van der Waals surface area contributed by atoms with Gasteiger partial charge in [0.05, 0.1) is 12.4 Å². The molecule has 16 heavy (non-hydrogen) atoms. The molecule has 1 atom stereocenters. The van der Waals surface area contributed by atoms with Gasteiger partial charge in [0.15, 0.2) is 5.78 Å². The average Bonchev–Trinajstić information content (AvgIpc) is 2.67. The van der Waals surface area contributed by atoms with E-state index < -0.39 is 0 Å². The third-order valence-electron chi connectivity index (χ3n) is 2.43. The predicted molar refractivity (Wildman–Crippen MR) is 64.2 cm³/mol. The molecule has 4 nitrogen and oxygen atoms in total. The summed E-state index contributed by atoms with van der Waals surface area (Å²) in [6.07, 6.45) is 4.08. The molecule has 1 heterocycles. The summed E-state index contributed by atoms with van der Waals surface area (Å²) >= 11 is 0. The molecular weight excluding hydrogens is 202 g/mol. The zero-order valence-corrected chi connectivity index (χ0v) is 10.4. The minimum atomic E-state index is -0.125. The van der Waals surface area contributed by atoms with Crippen LogP contribution in [0.5, 0.6) is 0 Å². The molecule has 90 valence electrons. The molecule has 1 aromatic heterocycles. The minimum Gasteiger partial charge on any atom is -0.348 e. The quantitative estimate of drug-likeness (QED) is 0.769. The lowest BCUT2D eigenvalue weighted by molar-refractivity contribution is -0.124. The van der Waals surface area contributed by atoms with Crippen LogP contribution < -0.4 is 5.32 Å². The number of hydrogen-bond donors (Lipinski definition) is 2. The smallest absolute Gasteiger partial charge is 0.152 e. The van der Waals surface area contributed by atoms with Crippen LogP contribution in [0.3, 0.4) is 0 Å². The van der Waals surface area contributed by atoms with Crippen molar-refractivity contribution in [3.05, 3.63) is 18.2 Å². The summed E-state index contributed by atoms with van der Waals surface area (Å²) in [5.74, 6) is 0.308. The number of nitrogens with one attached hydrogen (secondary N) is 2. The summed E-state index contributed by atoms with van der Waals surface area (Å²) < 4.78 is 0. The van der Waals surface area contributed by atoms with E-state index in [0.717, 1.165) is 5.69 Å². The Morgan fingerprint density at radius 3 is 2.56 bits per heavy atom. The van der Waals surface area contributed by atoms with Gasteiger partial charge in [-0.1, -0.05) is 27.7 Å². The highest BCUT2D eigenvalue weighted by Gasteiger charge is 2.22. The van der Waals surface area contributed by atoms with Crippen molar-refractivity contribution in [2.45, 2.75) is 46.2 Å². The lowest BCUT2D eigenvalue weighted by Gasteiger charge is -2.21. The number of rotatable bonds is 6. The number of imidazole rings is 1. The van der Waals surface area contributed by atoms with Crippen molar-refractivity contribution >= 4 is 5.78 Å². The van der Waals surface area contributed by atoms with Crippen LogP contribution in [0.1, 0.15) is 33.4 Å². The van der Waals surface area contributed by atoms with Crippen LogP contribution in [0.4, 0.5) is 0 Å². The highest BCUT2D eigenvalue weighted by Crippen LogP contribution is 2.06. The predicted octanol–water partition coefficient (Wildman–Crippen LogP) is 1.54. The van der Waals surface area contributed by atoms with Crippen molar-refractivity contribution < 1.29 is 4.79 Å². The van der Waals surface area contributed by atoms with Gasteiger partial charge in [-0.05, 0) is 0 Å². The zero-order valence-electron chi connectivity index (χ0n) is 10.4. The monoisotopic (exact) mass is 223 g/mol. The van der Waals surface area contributed by atoms with Crippen molar-refractivity contribution in [3.8, 4) is 0 Å². The van der Waals surface area contributed by atoms with Crippen LogP contribution in [-0.4, -0.2) is 27.8 Å². The molecule has 0 saturated carbocycles. The standard InChI is InChI=1S/C12H21N3O/c1-8(2)12(16)11(15-9(3)4)5-10-6-13-7-14-10/h6-9,11,15H,5H2,1-4H3,(H,13,14). The Kier molecular flexibility index (Phi) is 4.68. The SMILES string of the molecule is CC(C)NC(Cc1cnc[nH]1)C(=O)C(C)C. The molecule has 4 heteroatoms. The van der Waals surface area contributed by atoms with Gasteiger partial charge in [-0.15, -0.1) is 0 Å². The molecular formula is C12H21N3O. The summed E-state index contributed by atoms with van der Waals surface area (Å²) in [4.78, 5) is 19.0. The molecule has 1 unspecified atom stereocenters. The molecule has 0 saturated heterocycles. The van der Waals surface area contributed by atoms with Crippen LogP contribution >= 0.6 is 0 Å². The molecule has 0 fully saturated rings. The second-order valence-electron chi connectivity index (χ2n) is 4.71. The molecule has 0 aliphatic heterocycles. The fraction of sp³-hybridized carbons (Fsp3) is 0.667. The van der Waals surface area contributed by atoms with E-state index in [4.69, 9.17) is 0 Å². The minimum absolute atomic E-state index is 0.0548. The van der Waals surface area contributed by atoms with Gasteiger partial charge in [0.25, 0.3) is 0 Å². The second kappa shape index (κ2) is 5.80. The molecule has 0 amide bonds. The van der Waals surface area contributed by atoms with Crippen molar-refractivity contribution in [2.75, 3.05) is 0 Å².